The van der Waals surface area contributed by atoms with Gasteiger partial charge in [0.15, 0.2) is 0 Å². The summed E-state index contributed by atoms with van der Waals surface area (Å²) in [5.74, 6) is 0.809. The Labute approximate surface area is 102 Å². The molecule has 0 aliphatic carbocycles. The lowest BCUT2D eigenvalue weighted by atomic mass is 9.99. The number of anilines is 2. The van der Waals surface area contributed by atoms with Crippen LogP contribution in [0.3, 0.4) is 0 Å². The number of nitrogens with zero attached hydrogens (tertiary/aromatic N) is 1. The minimum Gasteiger partial charge on any atom is -0.399 e. The third-order valence-corrected chi connectivity index (χ3v) is 2.84. The van der Waals surface area contributed by atoms with Crippen molar-refractivity contribution in [3.8, 4) is 0 Å². The summed E-state index contributed by atoms with van der Waals surface area (Å²) in [6, 6.07) is 5.70. The van der Waals surface area contributed by atoms with E-state index < -0.39 is 0 Å². The predicted molar refractivity (Wildman–Crippen MR) is 73.1 cm³/mol. The lowest BCUT2D eigenvalue weighted by molar-refractivity contribution is 0.507. The van der Waals surface area contributed by atoms with E-state index in [1.165, 1.54) is 0 Å². The summed E-state index contributed by atoms with van der Waals surface area (Å²) >= 11 is 0. The van der Waals surface area contributed by atoms with E-state index in [0.717, 1.165) is 35.5 Å². The molecule has 0 spiro atoms. The van der Waals surface area contributed by atoms with Gasteiger partial charge in [-0.05, 0) is 38.5 Å². The molecule has 92 valence electrons. The van der Waals surface area contributed by atoms with Crippen LogP contribution < -0.4 is 11.1 Å². The molecular formula is C13H20N4. The highest BCUT2D eigenvalue weighted by Gasteiger charge is 2.17. The molecule has 0 saturated carbocycles. The van der Waals surface area contributed by atoms with Gasteiger partial charge in [0.05, 0.1) is 11.0 Å². The fraction of sp³-hybridized carbons (Fsp3) is 0.462. The summed E-state index contributed by atoms with van der Waals surface area (Å²) in [5.41, 5.74) is 8.45. The van der Waals surface area contributed by atoms with Gasteiger partial charge >= 0.3 is 0 Å². The topological polar surface area (TPSA) is 66.7 Å². The van der Waals surface area contributed by atoms with Crippen LogP contribution in [-0.2, 0) is 0 Å². The highest BCUT2D eigenvalue weighted by atomic mass is 15.1. The zero-order valence-electron chi connectivity index (χ0n) is 10.7. The number of nitrogens with one attached hydrogen (secondary N) is 2. The lowest BCUT2D eigenvalue weighted by Gasteiger charge is -2.25. The SMILES string of the molecule is CCCC(C)(C)Nc1nc2ccc(N)cc2[nH]1. The second-order valence-corrected chi connectivity index (χ2v) is 5.12. The first-order valence-corrected chi connectivity index (χ1v) is 6.03. The second kappa shape index (κ2) is 4.28. The molecule has 2 aromatic rings. The molecule has 2 rings (SSSR count). The number of rotatable bonds is 4. The van der Waals surface area contributed by atoms with Gasteiger partial charge in [0.25, 0.3) is 0 Å². The van der Waals surface area contributed by atoms with Crippen LogP contribution in [0.5, 0.6) is 0 Å². The molecule has 1 aromatic carbocycles. The number of H-pyrrole nitrogens is 1. The number of hydrogen-bond donors (Lipinski definition) is 3. The number of fused-ring (bicyclic) bond motifs is 1. The first-order chi connectivity index (χ1) is 8.00. The standard InChI is InChI=1S/C13H20N4/c1-4-7-13(2,3)17-12-15-10-6-5-9(14)8-11(10)16-12/h5-6,8H,4,7,14H2,1-3H3,(H2,15,16,17). The van der Waals surface area contributed by atoms with Crippen molar-refractivity contribution in [1.82, 2.24) is 9.97 Å². The summed E-state index contributed by atoms with van der Waals surface area (Å²) in [6.45, 7) is 6.54. The number of aromatic amines is 1. The molecule has 0 bridgehead atoms. The maximum absolute atomic E-state index is 5.74. The van der Waals surface area contributed by atoms with Crippen LogP contribution in [0.1, 0.15) is 33.6 Å². The Morgan fingerprint density at radius 2 is 2.18 bits per heavy atom. The number of imidazole rings is 1. The van der Waals surface area contributed by atoms with E-state index in [9.17, 15) is 0 Å². The third kappa shape index (κ3) is 2.70. The van der Waals surface area contributed by atoms with Crippen LogP contribution >= 0.6 is 0 Å². The number of nitrogen functional groups attached to an aromatic ring is 1. The van der Waals surface area contributed by atoms with E-state index in [1.807, 2.05) is 18.2 Å². The monoisotopic (exact) mass is 232 g/mol. The van der Waals surface area contributed by atoms with E-state index in [2.05, 4.69) is 36.1 Å². The minimum absolute atomic E-state index is 0.0498. The van der Waals surface area contributed by atoms with Crippen LogP contribution in [0.4, 0.5) is 11.6 Å². The van der Waals surface area contributed by atoms with Gasteiger partial charge in [-0.15, -0.1) is 0 Å². The van der Waals surface area contributed by atoms with Gasteiger partial charge in [0, 0.05) is 11.2 Å². The van der Waals surface area contributed by atoms with Crippen molar-refractivity contribution in [3.05, 3.63) is 18.2 Å². The van der Waals surface area contributed by atoms with Crippen molar-refractivity contribution in [2.75, 3.05) is 11.1 Å². The highest BCUT2D eigenvalue weighted by Crippen LogP contribution is 2.21. The Morgan fingerprint density at radius 3 is 2.88 bits per heavy atom. The average molecular weight is 232 g/mol. The summed E-state index contributed by atoms with van der Waals surface area (Å²) in [4.78, 5) is 7.75. The number of aromatic nitrogens is 2. The Balaban J connectivity index is 2.25. The smallest absolute Gasteiger partial charge is 0.201 e. The van der Waals surface area contributed by atoms with E-state index >= 15 is 0 Å². The molecule has 0 aliphatic heterocycles. The number of hydrogen-bond acceptors (Lipinski definition) is 3. The molecule has 4 heteroatoms. The third-order valence-electron chi connectivity index (χ3n) is 2.84. The zero-order valence-corrected chi connectivity index (χ0v) is 10.7. The molecule has 4 N–H and O–H groups in total. The average Bonchev–Trinajstić information content (AvgIpc) is 2.57. The van der Waals surface area contributed by atoms with Crippen molar-refractivity contribution in [2.45, 2.75) is 39.2 Å². The van der Waals surface area contributed by atoms with E-state index in [0.29, 0.717) is 0 Å². The van der Waals surface area contributed by atoms with Gasteiger partial charge < -0.3 is 16.0 Å². The Bertz CT molecular complexity index is 513. The van der Waals surface area contributed by atoms with Crippen molar-refractivity contribution >= 4 is 22.7 Å². The molecular weight excluding hydrogens is 212 g/mol. The predicted octanol–water partition coefficient (Wildman–Crippen LogP) is 3.14. The van der Waals surface area contributed by atoms with Gasteiger partial charge in [-0.25, -0.2) is 4.98 Å². The molecule has 0 unspecified atom stereocenters. The first kappa shape index (κ1) is 11.8. The van der Waals surface area contributed by atoms with Gasteiger partial charge in [-0.3, -0.25) is 0 Å². The van der Waals surface area contributed by atoms with Crippen LogP contribution in [0.25, 0.3) is 11.0 Å². The lowest BCUT2D eigenvalue weighted by Crippen LogP contribution is -2.30. The zero-order chi connectivity index (χ0) is 12.5. The van der Waals surface area contributed by atoms with Gasteiger partial charge in [0.1, 0.15) is 0 Å². The normalized spacial score (nSPS) is 11.9. The Kier molecular flexibility index (Phi) is 2.96. The van der Waals surface area contributed by atoms with Gasteiger partial charge in [0.2, 0.25) is 5.95 Å². The molecule has 0 saturated heterocycles. The van der Waals surface area contributed by atoms with Crippen molar-refractivity contribution in [1.29, 1.82) is 0 Å². The van der Waals surface area contributed by atoms with Crippen molar-refractivity contribution in [2.24, 2.45) is 0 Å². The molecule has 1 aromatic heterocycles. The van der Waals surface area contributed by atoms with Crippen LogP contribution in [-0.4, -0.2) is 15.5 Å². The van der Waals surface area contributed by atoms with Gasteiger partial charge in [-0.2, -0.15) is 0 Å². The molecule has 1 heterocycles. The van der Waals surface area contributed by atoms with Crippen LogP contribution in [0.2, 0.25) is 0 Å². The number of nitrogens with two attached hydrogens (primary N) is 1. The summed E-state index contributed by atoms with van der Waals surface area (Å²) in [5, 5.41) is 3.42. The fourth-order valence-corrected chi connectivity index (χ4v) is 2.09. The minimum atomic E-state index is 0.0498. The summed E-state index contributed by atoms with van der Waals surface area (Å²) < 4.78 is 0. The van der Waals surface area contributed by atoms with Crippen molar-refractivity contribution < 1.29 is 0 Å². The second-order valence-electron chi connectivity index (χ2n) is 5.12. The first-order valence-electron chi connectivity index (χ1n) is 6.03. The van der Waals surface area contributed by atoms with E-state index in [4.69, 9.17) is 5.73 Å². The summed E-state index contributed by atoms with van der Waals surface area (Å²) in [7, 11) is 0. The Hall–Kier alpha value is -1.71. The van der Waals surface area contributed by atoms with Crippen LogP contribution in [0, 0.1) is 0 Å². The van der Waals surface area contributed by atoms with E-state index in [-0.39, 0.29) is 5.54 Å². The quantitative estimate of drug-likeness (QED) is 0.709. The Morgan fingerprint density at radius 1 is 1.41 bits per heavy atom. The van der Waals surface area contributed by atoms with E-state index in [1.54, 1.807) is 0 Å². The molecule has 0 fully saturated rings. The molecule has 0 atom stereocenters. The van der Waals surface area contributed by atoms with Crippen molar-refractivity contribution in [3.63, 3.8) is 0 Å². The maximum Gasteiger partial charge on any atom is 0.201 e. The van der Waals surface area contributed by atoms with Crippen LogP contribution in [0.15, 0.2) is 18.2 Å². The highest BCUT2D eigenvalue weighted by molar-refractivity contribution is 5.80. The largest absolute Gasteiger partial charge is 0.399 e. The summed E-state index contributed by atoms with van der Waals surface area (Å²) in [6.07, 6.45) is 2.25. The molecule has 0 amide bonds. The van der Waals surface area contributed by atoms with Gasteiger partial charge in [-0.1, -0.05) is 13.3 Å². The molecule has 17 heavy (non-hydrogen) atoms. The molecule has 0 radical (unpaired) electrons. The molecule has 0 aliphatic rings. The fourth-order valence-electron chi connectivity index (χ4n) is 2.09. The number of benzene rings is 1. The maximum atomic E-state index is 5.74. The molecule has 4 nitrogen and oxygen atoms in total.